The van der Waals surface area contributed by atoms with E-state index in [4.69, 9.17) is 18.9 Å². The SMILES string of the molecule is SCCOCC(COCCS)(OCCS)OCCS. The van der Waals surface area contributed by atoms with Crippen LogP contribution in [0.5, 0.6) is 0 Å². The topological polar surface area (TPSA) is 36.9 Å². The van der Waals surface area contributed by atoms with Gasteiger partial charge in [0.05, 0.1) is 26.4 Å². The Balaban J connectivity index is 4.44. The van der Waals surface area contributed by atoms with Crippen LogP contribution in [0, 0.1) is 0 Å². The molecule has 0 aliphatic carbocycles. The van der Waals surface area contributed by atoms with Gasteiger partial charge in [0.25, 0.3) is 0 Å². The average Bonchev–Trinajstić information content (AvgIpc) is 2.43. The summed E-state index contributed by atoms with van der Waals surface area (Å²) in [5.41, 5.74) is 0. The fraction of sp³-hybridized carbons (Fsp3) is 1.00. The lowest BCUT2D eigenvalue weighted by atomic mass is 10.3. The molecule has 0 aromatic heterocycles. The molecule has 0 N–H and O–H groups in total. The maximum Gasteiger partial charge on any atom is 0.216 e. The zero-order valence-electron chi connectivity index (χ0n) is 11.0. The second-order valence-electron chi connectivity index (χ2n) is 3.61. The first-order valence-corrected chi connectivity index (χ1v) is 8.64. The number of ether oxygens (including phenoxy) is 4. The largest absolute Gasteiger partial charge is 0.375 e. The Bertz CT molecular complexity index is 178. The molecule has 19 heavy (non-hydrogen) atoms. The molecule has 0 amide bonds. The molecule has 0 aromatic rings. The van der Waals surface area contributed by atoms with E-state index in [0.29, 0.717) is 62.7 Å². The van der Waals surface area contributed by atoms with Crippen molar-refractivity contribution in [1.82, 2.24) is 0 Å². The highest BCUT2D eigenvalue weighted by atomic mass is 32.1. The second kappa shape index (κ2) is 14.2. The summed E-state index contributed by atoms with van der Waals surface area (Å²) in [6, 6.07) is 0. The summed E-state index contributed by atoms with van der Waals surface area (Å²) in [5.74, 6) is 1.59. The van der Waals surface area contributed by atoms with Crippen LogP contribution in [0.25, 0.3) is 0 Å². The molecule has 0 spiro atoms. The quantitative estimate of drug-likeness (QED) is 0.218. The van der Waals surface area contributed by atoms with E-state index in [0.717, 1.165) is 0 Å². The Hall–Kier alpha value is 1.24. The third-order valence-electron chi connectivity index (χ3n) is 2.03. The van der Waals surface area contributed by atoms with Gasteiger partial charge in [-0.2, -0.15) is 50.5 Å². The van der Waals surface area contributed by atoms with Crippen LogP contribution >= 0.6 is 50.5 Å². The van der Waals surface area contributed by atoms with Crippen LogP contribution in [-0.4, -0.2) is 68.4 Å². The van der Waals surface area contributed by atoms with E-state index in [2.05, 4.69) is 50.5 Å². The average molecular weight is 349 g/mol. The standard InChI is InChI=1S/C11H24O4S4/c16-5-1-12-9-11(14-3-7-18,15-4-8-19)10-13-2-6-17/h16-19H,1-10H2. The van der Waals surface area contributed by atoms with Gasteiger partial charge in [0, 0.05) is 23.0 Å². The van der Waals surface area contributed by atoms with Crippen LogP contribution in [0.3, 0.4) is 0 Å². The number of rotatable bonds is 14. The van der Waals surface area contributed by atoms with Gasteiger partial charge in [0.15, 0.2) is 0 Å². The van der Waals surface area contributed by atoms with Gasteiger partial charge >= 0.3 is 0 Å². The predicted molar refractivity (Wildman–Crippen MR) is 91.7 cm³/mol. The van der Waals surface area contributed by atoms with E-state index in [1.165, 1.54) is 0 Å². The molecule has 0 aromatic carbocycles. The first kappa shape index (κ1) is 20.2. The Morgan fingerprint density at radius 1 is 0.579 bits per heavy atom. The Morgan fingerprint density at radius 2 is 0.947 bits per heavy atom. The molecule has 0 rings (SSSR count). The van der Waals surface area contributed by atoms with Crippen LogP contribution in [0.15, 0.2) is 0 Å². The minimum atomic E-state index is -0.905. The van der Waals surface area contributed by atoms with Crippen molar-refractivity contribution < 1.29 is 18.9 Å². The predicted octanol–water partition coefficient (Wildman–Crippen LogP) is 1.47. The number of thiol groups is 4. The molecule has 0 atom stereocenters. The zero-order valence-corrected chi connectivity index (χ0v) is 14.6. The molecule has 116 valence electrons. The minimum absolute atomic E-state index is 0.293. The lowest BCUT2D eigenvalue weighted by molar-refractivity contribution is -0.277. The maximum atomic E-state index is 5.74. The van der Waals surface area contributed by atoms with E-state index >= 15 is 0 Å². The Kier molecular flexibility index (Phi) is 15.1. The van der Waals surface area contributed by atoms with Crippen LogP contribution in [0.2, 0.25) is 0 Å². The van der Waals surface area contributed by atoms with Gasteiger partial charge in [-0.1, -0.05) is 0 Å². The monoisotopic (exact) mass is 348 g/mol. The van der Waals surface area contributed by atoms with Crippen LogP contribution < -0.4 is 0 Å². The summed E-state index contributed by atoms with van der Waals surface area (Å²) in [5, 5.41) is 0. The van der Waals surface area contributed by atoms with Crippen molar-refractivity contribution >= 4 is 50.5 Å². The molecule has 0 saturated carbocycles. The molecule has 0 aliphatic heterocycles. The Morgan fingerprint density at radius 3 is 1.26 bits per heavy atom. The highest BCUT2D eigenvalue weighted by Crippen LogP contribution is 2.16. The Labute approximate surface area is 137 Å². The van der Waals surface area contributed by atoms with Crippen molar-refractivity contribution in [2.75, 3.05) is 62.7 Å². The minimum Gasteiger partial charge on any atom is -0.375 e. The summed E-state index contributed by atoms with van der Waals surface area (Å²) < 4.78 is 22.5. The van der Waals surface area contributed by atoms with Crippen molar-refractivity contribution in [2.24, 2.45) is 0 Å². The van der Waals surface area contributed by atoms with Crippen molar-refractivity contribution in [3.8, 4) is 0 Å². The highest BCUT2D eigenvalue weighted by Gasteiger charge is 2.33. The molecule has 0 unspecified atom stereocenters. The lowest BCUT2D eigenvalue weighted by Gasteiger charge is -2.33. The van der Waals surface area contributed by atoms with Gasteiger partial charge in [0.1, 0.15) is 13.2 Å². The smallest absolute Gasteiger partial charge is 0.216 e. The van der Waals surface area contributed by atoms with Crippen molar-refractivity contribution in [3.63, 3.8) is 0 Å². The summed E-state index contributed by atoms with van der Waals surface area (Å²) >= 11 is 16.5. The fourth-order valence-electron chi connectivity index (χ4n) is 1.30. The molecular weight excluding hydrogens is 324 g/mol. The summed E-state index contributed by atoms with van der Waals surface area (Å²) in [7, 11) is 0. The van der Waals surface area contributed by atoms with Crippen molar-refractivity contribution in [1.29, 1.82) is 0 Å². The molecule has 0 radical (unpaired) electrons. The molecule has 0 aliphatic rings. The molecular formula is C11H24O4S4. The van der Waals surface area contributed by atoms with E-state index in [-0.39, 0.29) is 0 Å². The van der Waals surface area contributed by atoms with Gasteiger partial charge in [-0.3, -0.25) is 0 Å². The summed E-state index contributed by atoms with van der Waals surface area (Å²) in [4.78, 5) is 0. The van der Waals surface area contributed by atoms with Crippen LogP contribution in [-0.2, 0) is 18.9 Å². The molecule has 4 nitrogen and oxygen atoms in total. The van der Waals surface area contributed by atoms with Gasteiger partial charge in [-0.15, -0.1) is 0 Å². The maximum absolute atomic E-state index is 5.74. The molecule has 0 heterocycles. The lowest BCUT2D eigenvalue weighted by Crippen LogP contribution is -2.47. The van der Waals surface area contributed by atoms with Gasteiger partial charge in [-0.05, 0) is 0 Å². The van der Waals surface area contributed by atoms with E-state index in [1.807, 2.05) is 0 Å². The first-order valence-electron chi connectivity index (χ1n) is 6.11. The summed E-state index contributed by atoms with van der Waals surface area (Å²) in [6.45, 7) is 2.58. The summed E-state index contributed by atoms with van der Waals surface area (Å²) in [6.07, 6.45) is 0. The van der Waals surface area contributed by atoms with E-state index in [9.17, 15) is 0 Å². The molecule has 0 fully saturated rings. The molecule has 0 saturated heterocycles. The number of hydrogen-bond acceptors (Lipinski definition) is 8. The van der Waals surface area contributed by atoms with Crippen LogP contribution in [0.1, 0.15) is 0 Å². The zero-order chi connectivity index (χ0) is 14.4. The molecule has 8 heteroatoms. The van der Waals surface area contributed by atoms with E-state index < -0.39 is 5.79 Å². The third-order valence-corrected chi connectivity index (χ3v) is 2.76. The number of hydrogen-bond donors (Lipinski definition) is 4. The fourth-order valence-corrected chi connectivity index (χ4v) is 1.74. The van der Waals surface area contributed by atoms with Crippen LogP contribution in [0.4, 0.5) is 0 Å². The second-order valence-corrected chi connectivity index (χ2v) is 5.40. The third kappa shape index (κ3) is 10.6. The van der Waals surface area contributed by atoms with Crippen molar-refractivity contribution in [3.05, 3.63) is 0 Å². The first-order chi connectivity index (χ1) is 9.24. The molecule has 0 bridgehead atoms. The highest BCUT2D eigenvalue weighted by molar-refractivity contribution is 7.80. The van der Waals surface area contributed by atoms with Gasteiger partial charge < -0.3 is 18.9 Å². The van der Waals surface area contributed by atoms with Crippen molar-refractivity contribution in [2.45, 2.75) is 5.79 Å². The van der Waals surface area contributed by atoms with Gasteiger partial charge in [0.2, 0.25) is 5.79 Å². The van der Waals surface area contributed by atoms with Gasteiger partial charge in [-0.25, -0.2) is 0 Å². The van der Waals surface area contributed by atoms with E-state index in [1.54, 1.807) is 0 Å². The normalized spacial score (nSPS) is 12.0.